The average Bonchev–Trinajstić information content (AvgIpc) is 2.66. The minimum atomic E-state index is 1.25. The van der Waals surface area contributed by atoms with Crippen molar-refractivity contribution in [2.45, 2.75) is 142 Å². The van der Waals surface area contributed by atoms with Gasteiger partial charge in [0.1, 0.15) is 0 Å². The van der Waals surface area contributed by atoms with E-state index in [4.69, 9.17) is 0 Å². The van der Waals surface area contributed by atoms with Gasteiger partial charge in [-0.05, 0) is 25.7 Å². The molecule has 0 aliphatic carbocycles. The number of unbranched alkanes of at least 4 members (excludes halogenated alkanes) is 18. The lowest BCUT2D eigenvalue weighted by Gasteiger charge is -2.02. The molecule has 0 unspecified atom stereocenters. The molecule has 0 heterocycles. The summed E-state index contributed by atoms with van der Waals surface area (Å²) < 4.78 is 0. The van der Waals surface area contributed by atoms with Crippen molar-refractivity contribution in [1.82, 2.24) is 0 Å². The van der Waals surface area contributed by atoms with E-state index in [1.54, 1.807) is 0 Å². The zero-order chi connectivity index (χ0) is 19.0. The first-order chi connectivity index (χ1) is 12.9. The van der Waals surface area contributed by atoms with Gasteiger partial charge in [-0.2, -0.15) is 0 Å². The molecule has 0 aromatic heterocycles. The fourth-order valence-corrected chi connectivity index (χ4v) is 3.50. The lowest BCUT2D eigenvalue weighted by atomic mass is 10.0. The zero-order valence-electron chi connectivity index (χ0n) is 18.5. The Bertz CT molecular complexity index is 286. The molecule has 0 spiro atoms. The summed E-state index contributed by atoms with van der Waals surface area (Å²) in [4.78, 5) is 0. The summed E-state index contributed by atoms with van der Waals surface area (Å²) >= 11 is 0. The van der Waals surface area contributed by atoms with Crippen molar-refractivity contribution in [3.63, 3.8) is 0 Å². The molecule has 0 rings (SSSR count). The Morgan fingerprint density at radius 2 is 0.615 bits per heavy atom. The average molecular weight is 363 g/mol. The highest BCUT2D eigenvalue weighted by molar-refractivity contribution is 5.02. The summed E-state index contributed by atoms with van der Waals surface area (Å²) in [6, 6.07) is 0. The molecule has 0 nitrogen and oxygen atoms in total. The molecule has 0 aromatic carbocycles. The van der Waals surface area contributed by atoms with Crippen molar-refractivity contribution in [2.75, 3.05) is 0 Å². The third kappa shape index (κ3) is 23.5. The van der Waals surface area contributed by atoms with Crippen molar-refractivity contribution < 1.29 is 0 Å². The van der Waals surface area contributed by atoms with E-state index < -0.39 is 0 Å². The fraction of sp³-hybridized carbons (Fsp3) is 0.846. The molecular formula is C26H50. The van der Waals surface area contributed by atoms with Crippen molar-refractivity contribution in [2.24, 2.45) is 0 Å². The topological polar surface area (TPSA) is 0 Å². The summed E-state index contributed by atoms with van der Waals surface area (Å²) in [5, 5.41) is 0. The molecule has 0 fully saturated rings. The van der Waals surface area contributed by atoms with Crippen molar-refractivity contribution in [1.29, 1.82) is 0 Å². The zero-order valence-corrected chi connectivity index (χ0v) is 18.5. The second-order valence-corrected chi connectivity index (χ2v) is 8.09. The molecule has 0 radical (unpaired) electrons. The van der Waals surface area contributed by atoms with Crippen LogP contribution in [0.1, 0.15) is 142 Å². The third-order valence-corrected chi connectivity index (χ3v) is 5.33. The summed E-state index contributed by atoms with van der Waals surface area (Å²) in [6.07, 6.45) is 37.4. The van der Waals surface area contributed by atoms with E-state index in [1.807, 2.05) is 0 Å². The van der Waals surface area contributed by atoms with Crippen LogP contribution in [0, 0.1) is 0 Å². The first-order valence-corrected chi connectivity index (χ1v) is 12.2. The predicted molar refractivity (Wildman–Crippen MR) is 122 cm³/mol. The van der Waals surface area contributed by atoms with Crippen LogP contribution in [-0.2, 0) is 0 Å². The molecular weight excluding hydrogens is 312 g/mol. The predicted octanol–water partition coefficient (Wildman–Crippen LogP) is 9.94. The molecule has 0 aliphatic heterocycles. The highest BCUT2D eigenvalue weighted by Crippen LogP contribution is 2.13. The summed E-state index contributed by atoms with van der Waals surface area (Å²) in [5.41, 5.74) is 0. The van der Waals surface area contributed by atoms with Gasteiger partial charge in [0.15, 0.2) is 0 Å². The molecule has 0 atom stereocenters. The molecule has 0 aromatic rings. The summed E-state index contributed by atoms with van der Waals surface area (Å²) in [7, 11) is 0. The molecule has 26 heavy (non-hydrogen) atoms. The monoisotopic (exact) mass is 362 g/mol. The lowest BCUT2D eigenvalue weighted by molar-refractivity contribution is 0.536. The second-order valence-electron chi connectivity index (χ2n) is 8.09. The van der Waals surface area contributed by atoms with Gasteiger partial charge in [0.2, 0.25) is 0 Å². The highest BCUT2D eigenvalue weighted by Gasteiger charge is 1.93. The Kier molecular flexibility index (Phi) is 24.0. The maximum atomic E-state index is 2.35. The van der Waals surface area contributed by atoms with Crippen LogP contribution in [-0.4, -0.2) is 0 Å². The minimum absolute atomic E-state index is 1.25. The van der Waals surface area contributed by atoms with Gasteiger partial charge >= 0.3 is 0 Å². The standard InChI is InChI=1S/C26H50/c1-3-5-7-9-11-13-15-17-19-21-23-25-26-24-22-20-18-16-14-12-10-8-6-4-2/h13,15,17,19H,3-12,14,16,18,20-26H2,1-2H3. The van der Waals surface area contributed by atoms with Crippen LogP contribution in [0.15, 0.2) is 24.3 Å². The van der Waals surface area contributed by atoms with E-state index in [1.165, 1.54) is 128 Å². The molecule has 0 amide bonds. The number of hydrogen-bond acceptors (Lipinski definition) is 0. The van der Waals surface area contributed by atoms with Gasteiger partial charge in [-0.25, -0.2) is 0 Å². The maximum Gasteiger partial charge on any atom is -0.0348 e. The van der Waals surface area contributed by atoms with Gasteiger partial charge in [0.25, 0.3) is 0 Å². The lowest BCUT2D eigenvalue weighted by Crippen LogP contribution is -1.83. The van der Waals surface area contributed by atoms with Crippen LogP contribution in [0.2, 0.25) is 0 Å². The Morgan fingerprint density at radius 3 is 0.962 bits per heavy atom. The number of allylic oxidation sites excluding steroid dienone is 4. The Morgan fingerprint density at radius 1 is 0.346 bits per heavy atom. The van der Waals surface area contributed by atoms with Gasteiger partial charge in [0.05, 0.1) is 0 Å². The molecule has 0 bridgehead atoms. The van der Waals surface area contributed by atoms with E-state index in [0.29, 0.717) is 0 Å². The Hall–Kier alpha value is -0.520. The van der Waals surface area contributed by atoms with Crippen LogP contribution in [0.4, 0.5) is 0 Å². The Labute approximate surface area is 166 Å². The van der Waals surface area contributed by atoms with Gasteiger partial charge in [-0.3, -0.25) is 0 Å². The van der Waals surface area contributed by atoms with Gasteiger partial charge < -0.3 is 0 Å². The quantitative estimate of drug-likeness (QED) is 0.141. The molecule has 154 valence electrons. The number of rotatable bonds is 21. The molecule has 0 N–H and O–H groups in total. The number of hydrogen-bond donors (Lipinski definition) is 0. The van der Waals surface area contributed by atoms with Gasteiger partial charge in [0, 0.05) is 0 Å². The van der Waals surface area contributed by atoms with Crippen LogP contribution < -0.4 is 0 Å². The van der Waals surface area contributed by atoms with Crippen molar-refractivity contribution >= 4 is 0 Å². The molecule has 0 aliphatic rings. The minimum Gasteiger partial charge on any atom is -0.0845 e. The van der Waals surface area contributed by atoms with E-state index in [2.05, 4.69) is 38.2 Å². The normalized spacial score (nSPS) is 11.9. The highest BCUT2D eigenvalue weighted by atomic mass is 14.0. The van der Waals surface area contributed by atoms with Gasteiger partial charge in [-0.15, -0.1) is 0 Å². The SMILES string of the molecule is CCCCCCC=CC=CCCCCCCCCCCCCCCCC. The van der Waals surface area contributed by atoms with Crippen LogP contribution in [0.3, 0.4) is 0 Å². The maximum absolute atomic E-state index is 2.35. The van der Waals surface area contributed by atoms with E-state index in [9.17, 15) is 0 Å². The van der Waals surface area contributed by atoms with Crippen LogP contribution in [0.25, 0.3) is 0 Å². The van der Waals surface area contributed by atoms with Crippen molar-refractivity contribution in [3.05, 3.63) is 24.3 Å². The molecule has 0 heteroatoms. The van der Waals surface area contributed by atoms with Gasteiger partial charge in [-0.1, -0.05) is 141 Å². The van der Waals surface area contributed by atoms with Crippen molar-refractivity contribution in [3.8, 4) is 0 Å². The van der Waals surface area contributed by atoms with Crippen LogP contribution in [0.5, 0.6) is 0 Å². The Balaban J connectivity index is 3.10. The summed E-state index contributed by atoms with van der Waals surface area (Å²) in [6.45, 7) is 4.57. The molecule has 0 saturated heterocycles. The largest absolute Gasteiger partial charge is 0.0845 e. The second kappa shape index (κ2) is 24.5. The van der Waals surface area contributed by atoms with E-state index >= 15 is 0 Å². The smallest absolute Gasteiger partial charge is 0.0348 e. The first-order valence-electron chi connectivity index (χ1n) is 12.2. The fourth-order valence-electron chi connectivity index (χ4n) is 3.50. The first kappa shape index (κ1) is 25.5. The molecule has 0 saturated carbocycles. The summed E-state index contributed by atoms with van der Waals surface area (Å²) in [5.74, 6) is 0. The third-order valence-electron chi connectivity index (χ3n) is 5.33. The van der Waals surface area contributed by atoms with E-state index in [0.717, 1.165) is 0 Å². The van der Waals surface area contributed by atoms with Crippen LogP contribution >= 0.6 is 0 Å². The van der Waals surface area contributed by atoms with E-state index in [-0.39, 0.29) is 0 Å².